The van der Waals surface area contributed by atoms with Crippen LogP contribution in [0.1, 0.15) is 26.5 Å². The summed E-state index contributed by atoms with van der Waals surface area (Å²) in [5.74, 6) is -0.162. The minimum absolute atomic E-state index is 0.188. The molecule has 3 rings (SSSR count). The van der Waals surface area contributed by atoms with Gasteiger partial charge in [-0.3, -0.25) is 14.7 Å². The highest BCUT2D eigenvalue weighted by molar-refractivity contribution is 7.71. The minimum atomic E-state index is -0.762. The zero-order chi connectivity index (χ0) is 17.4. The van der Waals surface area contributed by atoms with Gasteiger partial charge in [0, 0.05) is 12.3 Å². The topological polar surface area (TPSA) is 125 Å². The van der Waals surface area contributed by atoms with Crippen molar-refractivity contribution in [2.45, 2.75) is 38.7 Å². The van der Waals surface area contributed by atoms with E-state index in [9.17, 15) is 15.0 Å². The van der Waals surface area contributed by atoms with Gasteiger partial charge in [-0.25, -0.2) is 9.97 Å². The Bertz CT molecular complexity index is 817. The standard InChI is InChI=1S/C14H19N5O4S/c1-6(2)12(22)17-14-16-11-10(13(24)18-14)15-5-19(11)9-3-7(21)8(4-20)23-9/h5-9,20-21H,3-4H2,1-2H3,(H2,16,17,18,22,24)/t7-,8+,9+/m0/s1. The summed E-state index contributed by atoms with van der Waals surface area (Å²) in [5.41, 5.74) is 1.00. The molecule has 10 heteroatoms. The van der Waals surface area contributed by atoms with Crippen molar-refractivity contribution in [2.24, 2.45) is 5.92 Å². The monoisotopic (exact) mass is 353 g/mol. The van der Waals surface area contributed by atoms with Crippen LogP contribution in [0, 0.1) is 10.6 Å². The number of hydrogen-bond acceptors (Lipinski definition) is 7. The van der Waals surface area contributed by atoms with Gasteiger partial charge in [0.2, 0.25) is 11.9 Å². The highest BCUT2D eigenvalue weighted by Crippen LogP contribution is 2.30. The largest absolute Gasteiger partial charge is 0.394 e. The predicted molar refractivity (Wildman–Crippen MR) is 87.8 cm³/mol. The molecule has 2 aromatic rings. The van der Waals surface area contributed by atoms with E-state index in [1.165, 1.54) is 6.33 Å². The van der Waals surface area contributed by atoms with Crippen molar-refractivity contribution >= 4 is 35.2 Å². The van der Waals surface area contributed by atoms with Gasteiger partial charge in [-0.2, -0.15) is 0 Å². The summed E-state index contributed by atoms with van der Waals surface area (Å²) in [6.45, 7) is 3.28. The molecule has 0 saturated carbocycles. The van der Waals surface area contributed by atoms with E-state index in [4.69, 9.17) is 17.0 Å². The molecule has 1 aliphatic heterocycles. The molecule has 1 fully saturated rings. The third-order valence-electron chi connectivity index (χ3n) is 3.91. The van der Waals surface area contributed by atoms with Crippen LogP contribution in [0.25, 0.3) is 11.2 Å². The normalized spacial score (nSPS) is 24.0. The number of rotatable bonds is 4. The van der Waals surface area contributed by atoms with E-state index in [1.807, 2.05) is 0 Å². The Morgan fingerprint density at radius 2 is 2.38 bits per heavy atom. The van der Waals surface area contributed by atoms with Gasteiger partial charge in [-0.05, 0) is 0 Å². The van der Waals surface area contributed by atoms with Crippen molar-refractivity contribution in [1.82, 2.24) is 19.5 Å². The number of imidazole rings is 1. The number of nitrogens with zero attached hydrogens (tertiary/aromatic N) is 3. The summed E-state index contributed by atoms with van der Waals surface area (Å²) in [7, 11) is 0. The van der Waals surface area contributed by atoms with E-state index < -0.39 is 18.4 Å². The number of nitrogens with one attached hydrogen (secondary N) is 2. The fourth-order valence-corrected chi connectivity index (χ4v) is 2.77. The molecule has 0 aromatic carbocycles. The van der Waals surface area contributed by atoms with Crippen LogP contribution in [-0.4, -0.2) is 54.5 Å². The molecular weight excluding hydrogens is 334 g/mol. The molecule has 24 heavy (non-hydrogen) atoms. The van der Waals surface area contributed by atoms with E-state index in [1.54, 1.807) is 18.4 Å². The molecule has 4 N–H and O–H groups in total. The highest BCUT2D eigenvalue weighted by atomic mass is 32.1. The lowest BCUT2D eigenvalue weighted by molar-refractivity contribution is -0.118. The zero-order valence-corrected chi connectivity index (χ0v) is 14.1. The lowest BCUT2D eigenvalue weighted by Crippen LogP contribution is -2.24. The Morgan fingerprint density at radius 1 is 1.62 bits per heavy atom. The number of amides is 1. The van der Waals surface area contributed by atoms with Crippen LogP contribution in [-0.2, 0) is 9.53 Å². The molecule has 9 nitrogen and oxygen atoms in total. The van der Waals surface area contributed by atoms with Gasteiger partial charge in [0.1, 0.15) is 23.5 Å². The number of ether oxygens (including phenoxy) is 1. The molecule has 0 aliphatic carbocycles. The molecule has 0 radical (unpaired) electrons. The van der Waals surface area contributed by atoms with Crippen molar-refractivity contribution in [3.05, 3.63) is 11.0 Å². The molecule has 3 heterocycles. The van der Waals surface area contributed by atoms with Crippen LogP contribution in [0.5, 0.6) is 0 Å². The van der Waals surface area contributed by atoms with E-state index in [0.29, 0.717) is 17.6 Å². The van der Waals surface area contributed by atoms with Gasteiger partial charge >= 0.3 is 0 Å². The van der Waals surface area contributed by atoms with Crippen molar-refractivity contribution in [3.8, 4) is 0 Å². The lowest BCUT2D eigenvalue weighted by atomic mass is 10.2. The summed E-state index contributed by atoms with van der Waals surface area (Å²) in [4.78, 5) is 23.2. The van der Waals surface area contributed by atoms with Crippen LogP contribution in [0.3, 0.4) is 0 Å². The molecule has 0 spiro atoms. The molecule has 3 atom stereocenters. The number of aromatic nitrogens is 4. The van der Waals surface area contributed by atoms with Gasteiger partial charge in [-0.15, -0.1) is 0 Å². The summed E-state index contributed by atoms with van der Waals surface area (Å²) in [6, 6.07) is 0. The predicted octanol–water partition coefficient (Wildman–Crippen LogP) is 0.724. The van der Waals surface area contributed by atoms with E-state index >= 15 is 0 Å². The molecule has 130 valence electrons. The summed E-state index contributed by atoms with van der Waals surface area (Å²) < 4.78 is 7.56. The second-order valence-corrected chi connectivity index (χ2v) is 6.39. The Morgan fingerprint density at radius 3 is 3.00 bits per heavy atom. The minimum Gasteiger partial charge on any atom is -0.394 e. The number of carbonyl (C=O) groups is 1. The Balaban J connectivity index is 1.97. The quantitative estimate of drug-likeness (QED) is 0.597. The zero-order valence-electron chi connectivity index (χ0n) is 13.3. The fourth-order valence-electron chi connectivity index (χ4n) is 2.52. The van der Waals surface area contributed by atoms with Gasteiger partial charge in [0.15, 0.2) is 4.64 Å². The van der Waals surface area contributed by atoms with Gasteiger partial charge in [0.05, 0.1) is 19.0 Å². The first-order chi connectivity index (χ1) is 11.4. The summed E-state index contributed by atoms with van der Waals surface area (Å²) >= 11 is 5.23. The molecular formula is C14H19N5O4S. The smallest absolute Gasteiger partial charge is 0.229 e. The number of aromatic amines is 1. The van der Waals surface area contributed by atoms with Crippen molar-refractivity contribution in [2.75, 3.05) is 11.9 Å². The molecule has 1 aliphatic rings. The van der Waals surface area contributed by atoms with Gasteiger partial charge in [0.25, 0.3) is 0 Å². The molecule has 0 unspecified atom stereocenters. The average Bonchev–Trinajstić information content (AvgIpc) is 3.10. The Labute approximate surface area is 142 Å². The van der Waals surface area contributed by atoms with Crippen LogP contribution in [0.4, 0.5) is 5.95 Å². The first kappa shape index (κ1) is 17.0. The molecule has 0 bridgehead atoms. The van der Waals surface area contributed by atoms with Gasteiger partial charge in [-0.1, -0.05) is 26.1 Å². The van der Waals surface area contributed by atoms with Gasteiger partial charge < -0.3 is 19.9 Å². The van der Waals surface area contributed by atoms with E-state index in [2.05, 4.69) is 20.3 Å². The van der Waals surface area contributed by atoms with Crippen molar-refractivity contribution < 1.29 is 19.7 Å². The van der Waals surface area contributed by atoms with Crippen LogP contribution in [0.2, 0.25) is 0 Å². The molecule has 1 amide bonds. The first-order valence-corrected chi connectivity index (χ1v) is 8.03. The maximum Gasteiger partial charge on any atom is 0.229 e. The number of anilines is 1. The lowest BCUT2D eigenvalue weighted by Gasteiger charge is -2.14. The number of fused-ring (bicyclic) bond motifs is 1. The SMILES string of the molecule is CC(C)C(=O)Nc1nc(=S)c2ncn([C@H]3C[C@H](O)[C@@H](CO)O3)c2[nH]1. The second-order valence-electron chi connectivity index (χ2n) is 6.00. The van der Waals surface area contributed by atoms with Crippen LogP contribution in [0.15, 0.2) is 6.33 Å². The second kappa shape index (κ2) is 6.55. The number of carbonyl (C=O) groups excluding carboxylic acids is 1. The first-order valence-electron chi connectivity index (χ1n) is 7.62. The average molecular weight is 353 g/mol. The van der Waals surface area contributed by atoms with Crippen molar-refractivity contribution in [1.29, 1.82) is 0 Å². The highest BCUT2D eigenvalue weighted by Gasteiger charge is 2.35. The van der Waals surface area contributed by atoms with E-state index in [-0.39, 0.29) is 29.0 Å². The van der Waals surface area contributed by atoms with Crippen molar-refractivity contribution in [3.63, 3.8) is 0 Å². The Hall–Kier alpha value is -1.88. The van der Waals surface area contributed by atoms with E-state index in [0.717, 1.165) is 0 Å². The van der Waals surface area contributed by atoms with Crippen LogP contribution < -0.4 is 5.32 Å². The fraction of sp³-hybridized carbons (Fsp3) is 0.571. The summed E-state index contributed by atoms with van der Waals surface area (Å²) in [6.07, 6.45) is -0.0551. The number of hydrogen-bond donors (Lipinski definition) is 4. The summed E-state index contributed by atoms with van der Waals surface area (Å²) in [5, 5.41) is 21.8. The molecule has 2 aromatic heterocycles. The molecule has 1 saturated heterocycles. The Kier molecular flexibility index (Phi) is 4.63. The maximum atomic E-state index is 11.9. The maximum absolute atomic E-state index is 11.9. The van der Waals surface area contributed by atoms with Crippen LogP contribution >= 0.6 is 12.2 Å². The number of aliphatic hydroxyl groups is 2. The number of aliphatic hydroxyl groups excluding tert-OH is 2. The third kappa shape index (κ3) is 3.05. The number of H-pyrrole nitrogens is 1. The third-order valence-corrected chi connectivity index (χ3v) is 4.19.